The zero-order valence-electron chi connectivity index (χ0n) is 23.2. The van der Waals surface area contributed by atoms with Crippen LogP contribution in [0.4, 0.5) is 0 Å². The molecule has 1 fully saturated rings. The Bertz CT molecular complexity index is 1020. The van der Waals surface area contributed by atoms with Gasteiger partial charge >= 0.3 is 11.9 Å². The first-order chi connectivity index (χ1) is 19.0. The van der Waals surface area contributed by atoms with E-state index in [2.05, 4.69) is 23.1 Å². The Morgan fingerprint density at radius 3 is 2.33 bits per heavy atom. The van der Waals surface area contributed by atoms with Crippen LogP contribution in [0.2, 0.25) is 0 Å². The maximum absolute atomic E-state index is 11.2. The van der Waals surface area contributed by atoms with Gasteiger partial charge in [-0.1, -0.05) is 61.7 Å². The van der Waals surface area contributed by atoms with Gasteiger partial charge in [-0.2, -0.15) is 0 Å². The van der Waals surface area contributed by atoms with Crippen molar-refractivity contribution < 1.29 is 24.5 Å². The van der Waals surface area contributed by atoms with Crippen molar-refractivity contribution in [3.05, 3.63) is 71.3 Å². The first-order valence-corrected chi connectivity index (χ1v) is 14.7. The fourth-order valence-electron chi connectivity index (χ4n) is 5.18. The summed E-state index contributed by atoms with van der Waals surface area (Å²) < 4.78 is 6.17. The molecular formula is C33H45NO5. The van der Waals surface area contributed by atoms with Crippen molar-refractivity contribution in [1.29, 1.82) is 0 Å². The van der Waals surface area contributed by atoms with Crippen molar-refractivity contribution in [2.45, 2.75) is 77.0 Å². The van der Waals surface area contributed by atoms with Gasteiger partial charge < -0.3 is 19.8 Å². The highest BCUT2D eigenvalue weighted by atomic mass is 16.5. The van der Waals surface area contributed by atoms with Gasteiger partial charge in [0.1, 0.15) is 5.75 Å². The Morgan fingerprint density at radius 1 is 0.872 bits per heavy atom. The van der Waals surface area contributed by atoms with Crippen LogP contribution in [0.25, 0.3) is 6.08 Å². The average Bonchev–Trinajstić information content (AvgIpc) is 3.21. The van der Waals surface area contributed by atoms with Crippen LogP contribution < -0.4 is 4.74 Å². The second-order valence-corrected chi connectivity index (χ2v) is 10.7. The highest BCUT2D eigenvalue weighted by molar-refractivity contribution is 5.87. The van der Waals surface area contributed by atoms with E-state index in [0.717, 1.165) is 42.6 Å². The summed E-state index contributed by atoms with van der Waals surface area (Å²) in [5.74, 6) is -0.599. The second kappa shape index (κ2) is 17.5. The first-order valence-electron chi connectivity index (χ1n) is 14.7. The highest BCUT2D eigenvalue weighted by Gasteiger charge is 2.11. The summed E-state index contributed by atoms with van der Waals surface area (Å²) in [6.45, 7) is 4.42. The molecule has 2 N–H and O–H groups in total. The SMILES string of the molecule is O=C(O)CCCCC(C=Cc1ccccc1OCCCCCN1CCCCCC1)Cc1ccc(C(=O)O)cc1. The Balaban J connectivity index is 1.52. The molecule has 0 aliphatic carbocycles. The lowest BCUT2D eigenvalue weighted by Crippen LogP contribution is -2.25. The van der Waals surface area contributed by atoms with Crippen LogP contribution in [0.15, 0.2) is 54.6 Å². The highest BCUT2D eigenvalue weighted by Crippen LogP contribution is 2.24. The number of carboxylic acid groups (broad SMARTS) is 2. The molecule has 39 heavy (non-hydrogen) atoms. The van der Waals surface area contributed by atoms with Crippen molar-refractivity contribution in [3.63, 3.8) is 0 Å². The van der Waals surface area contributed by atoms with Gasteiger partial charge in [0.25, 0.3) is 0 Å². The van der Waals surface area contributed by atoms with Crippen molar-refractivity contribution in [2.24, 2.45) is 5.92 Å². The minimum absolute atomic E-state index is 0.179. The molecule has 1 heterocycles. The molecule has 1 unspecified atom stereocenters. The van der Waals surface area contributed by atoms with E-state index in [1.165, 1.54) is 58.2 Å². The molecule has 3 rings (SSSR count). The molecule has 212 valence electrons. The van der Waals surface area contributed by atoms with E-state index in [9.17, 15) is 14.7 Å². The number of aliphatic carboxylic acids is 1. The van der Waals surface area contributed by atoms with E-state index < -0.39 is 11.9 Å². The van der Waals surface area contributed by atoms with Crippen LogP contribution in [-0.4, -0.2) is 53.3 Å². The number of carboxylic acids is 2. The molecule has 0 amide bonds. The van der Waals surface area contributed by atoms with Crippen molar-refractivity contribution in [3.8, 4) is 5.75 Å². The van der Waals surface area contributed by atoms with Gasteiger partial charge in [0.15, 0.2) is 0 Å². The maximum Gasteiger partial charge on any atom is 0.335 e. The molecular weight excluding hydrogens is 490 g/mol. The summed E-state index contributed by atoms with van der Waals surface area (Å²) in [6.07, 6.45) is 16.5. The fourth-order valence-corrected chi connectivity index (χ4v) is 5.18. The van der Waals surface area contributed by atoms with Crippen molar-refractivity contribution in [2.75, 3.05) is 26.2 Å². The molecule has 6 nitrogen and oxygen atoms in total. The number of aromatic carboxylic acids is 1. The number of unbranched alkanes of at least 4 members (excludes halogenated alkanes) is 3. The number of hydrogen-bond donors (Lipinski definition) is 2. The first kappa shape index (κ1) is 30.4. The maximum atomic E-state index is 11.2. The molecule has 2 aromatic rings. The van der Waals surface area contributed by atoms with Gasteiger partial charge in [0.2, 0.25) is 0 Å². The summed E-state index contributed by atoms with van der Waals surface area (Å²) in [4.78, 5) is 24.7. The summed E-state index contributed by atoms with van der Waals surface area (Å²) >= 11 is 0. The number of nitrogens with zero attached hydrogens (tertiary/aromatic N) is 1. The molecule has 2 aromatic carbocycles. The molecule has 0 aromatic heterocycles. The zero-order chi connectivity index (χ0) is 27.7. The average molecular weight is 536 g/mol. The Kier molecular flexibility index (Phi) is 13.6. The van der Waals surface area contributed by atoms with Gasteiger partial charge in [0.05, 0.1) is 12.2 Å². The molecule has 0 radical (unpaired) electrons. The summed E-state index contributed by atoms with van der Waals surface area (Å²) in [5, 5.41) is 18.2. The van der Waals surface area contributed by atoms with E-state index in [1.54, 1.807) is 12.1 Å². The number of carbonyl (C=O) groups is 2. The predicted octanol–water partition coefficient (Wildman–Crippen LogP) is 7.33. The van der Waals surface area contributed by atoms with Gasteiger partial charge in [-0.3, -0.25) is 4.79 Å². The minimum atomic E-state index is -0.930. The van der Waals surface area contributed by atoms with Crippen LogP contribution in [0.1, 0.15) is 92.1 Å². The Morgan fingerprint density at radius 2 is 1.62 bits per heavy atom. The monoisotopic (exact) mass is 535 g/mol. The summed E-state index contributed by atoms with van der Waals surface area (Å²) in [5.41, 5.74) is 2.39. The number of rotatable bonds is 17. The van der Waals surface area contributed by atoms with Crippen LogP contribution in [0.5, 0.6) is 5.75 Å². The van der Waals surface area contributed by atoms with Gasteiger partial charge in [-0.25, -0.2) is 4.79 Å². The molecule has 0 saturated carbocycles. The van der Waals surface area contributed by atoms with Crippen LogP contribution in [-0.2, 0) is 11.2 Å². The fraction of sp³-hybridized carbons (Fsp3) is 0.515. The van der Waals surface area contributed by atoms with E-state index in [4.69, 9.17) is 9.84 Å². The molecule has 6 heteroatoms. The van der Waals surface area contributed by atoms with Crippen LogP contribution in [0.3, 0.4) is 0 Å². The lowest BCUT2D eigenvalue weighted by molar-refractivity contribution is -0.137. The van der Waals surface area contributed by atoms with Gasteiger partial charge in [-0.05, 0) is 101 Å². The lowest BCUT2D eigenvalue weighted by Gasteiger charge is -2.19. The largest absolute Gasteiger partial charge is 0.493 e. The molecule has 1 aliphatic heterocycles. The Labute approximate surface area is 233 Å². The van der Waals surface area contributed by atoms with E-state index in [1.807, 2.05) is 30.3 Å². The molecule has 0 spiro atoms. The third kappa shape index (κ3) is 12.1. The zero-order valence-corrected chi connectivity index (χ0v) is 23.2. The topological polar surface area (TPSA) is 87.1 Å². The smallest absolute Gasteiger partial charge is 0.335 e. The van der Waals surface area contributed by atoms with E-state index in [-0.39, 0.29) is 17.9 Å². The standard InChI is InChI=1S/C33H45NO5/c35-32(36)15-7-4-12-27(26-28-17-20-30(21-18-28)33(37)38)16-19-29-13-5-6-14-31(29)39-25-11-3-10-24-34-22-8-1-2-9-23-34/h5-6,13-14,16-21,27H,1-4,7-12,15,22-26H2,(H,35,36)(H,37,38). The van der Waals surface area contributed by atoms with Crippen LogP contribution in [0, 0.1) is 5.92 Å². The normalized spacial score (nSPS) is 15.2. The summed E-state index contributed by atoms with van der Waals surface area (Å²) in [7, 11) is 0. The summed E-state index contributed by atoms with van der Waals surface area (Å²) in [6, 6.07) is 15.1. The van der Waals surface area contributed by atoms with Gasteiger partial charge in [0, 0.05) is 12.0 Å². The predicted molar refractivity (Wildman–Crippen MR) is 156 cm³/mol. The number of hydrogen-bond acceptors (Lipinski definition) is 4. The number of ether oxygens (including phenoxy) is 1. The van der Waals surface area contributed by atoms with Crippen LogP contribution >= 0.6 is 0 Å². The third-order valence-corrected chi connectivity index (χ3v) is 7.46. The molecule has 1 aliphatic rings. The third-order valence-electron chi connectivity index (χ3n) is 7.46. The number of likely N-dealkylation sites (tertiary alicyclic amines) is 1. The number of allylic oxidation sites excluding steroid dienone is 1. The number of benzene rings is 2. The molecule has 1 saturated heterocycles. The lowest BCUT2D eigenvalue weighted by atomic mass is 9.92. The van der Waals surface area contributed by atoms with E-state index >= 15 is 0 Å². The van der Waals surface area contributed by atoms with Crippen molar-refractivity contribution in [1.82, 2.24) is 4.90 Å². The second-order valence-electron chi connectivity index (χ2n) is 10.7. The number of para-hydroxylation sites is 1. The molecule has 0 bridgehead atoms. The van der Waals surface area contributed by atoms with Crippen molar-refractivity contribution >= 4 is 18.0 Å². The van der Waals surface area contributed by atoms with Gasteiger partial charge in [-0.15, -0.1) is 0 Å². The minimum Gasteiger partial charge on any atom is -0.493 e. The molecule has 1 atom stereocenters. The Hall–Kier alpha value is -3.12. The van der Waals surface area contributed by atoms with E-state index in [0.29, 0.717) is 13.0 Å². The quantitative estimate of drug-likeness (QED) is 0.206.